The molecule has 0 spiro atoms. The maximum absolute atomic E-state index is 11.8. The van der Waals surface area contributed by atoms with Crippen molar-refractivity contribution in [1.82, 2.24) is 0 Å². The lowest BCUT2D eigenvalue weighted by Gasteiger charge is -2.08. The van der Waals surface area contributed by atoms with Crippen molar-refractivity contribution in [3.05, 3.63) is 29.8 Å². The van der Waals surface area contributed by atoms with Crippen molar-refractivity contribution in [1.29, 1.82) is 0 Å². The molecular formula is C15H19N3O5. The molecule has 0 bridgehead atoms. The zero-order valence-electron chi connectivity index (χ0n) is 13.7. The summed E-state index contributed by atoms with van der Waals surface area (Å²) in [5.41, 5.74) is 1.44. The third-order valence-corrected chi connectivity index (χ3v) is 2.74. The van der Waals surface area contributed by atoms with Crippen LogP contribution in [0.2, 0.25) is 0 Å². The van der Waals surface area contributed by atoms with Gasteiger partial charge < -0.3 is 19.2 Å². The van der Waals surface area contributed by atoms with Crippen molar-refractivity contribution in [2.45, 2.75) is 13.8 Å². The van der Waals surface area contributed by atoms with Gasteiger partial charge in [0.1, 0.15) is 25.6 Å². The third-order valence-electron chi connectivity index (χ3n) is 2.74. The Labute approximate surface area is 134 Å². The summed E-state index contributed by atoms with van der Waals surface area (Å²) in [7, 11) is 4.03. The topological polar surface area (TPSA) is 91.1 Å². The SMILES string of the molecule is CO/N=C(C)/C(C)=N/Oc1ccccc1/C(=N\OC)C(=O)OC. The van der Waals surface area contributed by atoms with Gasteiger partial charge in [0.05, 0.1) is 12.7 Å². The van der Waals surface area contributed by atoms with E-state index in [1.807, 2.05) is 0 Å². The molecule has 8 nitrogen and oxygen atoms in total. The van der Waals surface area contributed by atoms with Crippen molar-refractivity contribution in [2.24, 2.45) is 15.5 Å². The first-order valence-electron chi connectivity index (χ1n) is 6.63. The van der Waals surface area contributed by atoms with E-state index in [1.54, 1.807) is 38.1 Å². The standard InChI is InChI=1S/C15H19N3O5/c1-10(16-21-4)11(2)17-23-13-9-7-6-8-12(13)14(18-22-5)15(19)20-3/h6-9H,1-5H3/b16-10+,17-11+,18-14+. The molecule has 0 aliphatic rings. The van der Waals surface area contributed by atoms with Crippen LogP contribution in [0.3, 0.4) is 0 Å². The second-order valence-electron chi connectivity index (χ2n) is 4.24. The molecular weight excluding hydrogens is 302 g/mol. The van der Waals surface area contributed by atoms with Crippen LogP contribution < -0.4 is 4.84 Å². The van der Waals surface area contributed by atoms with Gasteiger partial charge in [-0.15, -0.1) is 0 Å². The van der Waals surface area contributed by atoms with Gasteiger partial charge in [-0.2, -0.15) is 0 Å². The van der Waals surface area contributed by atoms with Crippen molar-refractivity contribution >= 4 is 23.1 Å². The normalized spacial score (nSPS) is 12.7. The van der Waals surface area contributed by atoms with Crippen LogP contribution in [-0.2, 0) is 19.2 Å². The minimum Gasteiger partial charge on any atom is -0.464 e. The summed E-state index contributed by atoms with van der Waals surface area (Å²) < 4.78 is 4.69. The van der Waals surface area contributed by atoms with E-state index in [4.69, 9.17) is 14.4 Å². The molecule has 0 radical (unpaired) electrons. The van der Waals surface area contributed by atoms with E-state index in [1.165, 1.54) is 21.3 Å². The van der Waals surface area contributed by atoms with E-state index in [0.717, 1.165) is 0 Å². The lowest BCUT2D eigenvalue weighted by atomic mass is 10.1. The molecule has 0 atom stereocenters. The van der Waals surface area contributed by atoms with Crippen LogP contribution in [0.15, 0.2) is 39.7 Å². The summed E-state index contributed by atoms with van der Waals surface area (Å²) in [6.07, 6.45) is 0. The fourth-order valence-corrected chi connectivity index (χ4v) is 1.51. The predicted octanol–water partition coefficient (Wildman–Crippen LogP) is 1.99. The van der Waals surface area contributed by atoms with Crippen LogP contribution in [-0.4, -0.2) is 44.4 Å². The van der Waals surface area contributed by atoms with Crippen LogP contribution >= 0.6 is 0 Å². The van der Waals surface area contributed by atoms with Crippen LogP contribution in [0.5, 0.6) is 5.75 Å². The summed E-state index contributed by atoms with van der Waals surface area (Å²) in [4.78, 5) is 26.6. The Hall–Kier alpha value is -2.90. The highest BCUT2D eigenvalue weighted by molar-refractivity contribution is 6.43. The van der Waals surface area contributed by atoms with Gasteiger partial charge in [-0.1, -0.05) is 27.6 Å². The van der Waals surface area contributed by atoms with Gasteiger partial charge in [0.15, 0.2) is 11.5 Å². The summed E-state index contributed by atoms with van der Waals surface area (Å²) in [5.74, 6) is -0.334. The van der Waals surface area contributed by atoms with Gasteiger partial charge in [0.2, 0.25) is 0 Å². The van der Waals surface area contributed by atoms with E-state index in [0.29, 0.717) is 22.7 Å². The first kappa shape index (κ1) is 18.1. The maximum atomic E-state index is 11.8. The average molecular weight is 321 g/mol. The second-order valence-corrected chi connectivity index (χ2v) is 4.24. The highest BCUT2D eigenvalue weighted by Crippen LogP contribution is 2.20. The molecule has 0 unspecified atom stereocenters. The number of carbonyl (C=O) groups is 1. The van der Waals surface area contributed by atoms with Crippen LogP contribution in [0, 0.1) is 0 Å². The minimum absolute atomic E-state index is 0.0271. The molecule has 0 heterocycles. The van der Waals surface area contributed by atoms with Gasteiger partial charge in [-0.05, 0) is 26.0 Å². The Bertz CT molecular complexity index is 638. The Kier molecular flexibility index (Phi) is 7.25. The maximum Gasteiger partial charge on any atom is 0.360 e. The Morgan fingerprint density at radius 1 is 0.913 bits per heavy atom. The van der Waals surface area contributed by atoms with Gasteiger partial charge in [0, 0.05) is 0 Å². The number of hydrogen-bond acceptors (Lipinski definition) is 8. The molecule has 0 aliphatic heterocycles. The zero-order chi connectivity index (χ0) is 17.2. The molecule has 0 saturated carbocycles. The van der Waals surface area contributed by atoms with Crippen molar-refractivity contribution in [3.8, 4) is 5.75 Å². The van der Waals surface area contributed by atoms with Crippen molar-refractivity contribution in [2.75, 3.05) is 21.3 Å². The number of oxime groups is 3. The molecule has 1 aromatic carbocycles. The molecule has 0 fully saturated rings. The number of esters is 1. The molecule has 0 aromatic heterocycles. The van der Waals surface area contributed by atoms with E-state index in [-0.39, 0.29) is 5.71 Å². The number of hydrogen-bond donors (Lipinski definition) is 0. The highest BCUT2D eigenvalue weighted by atomic mass is 16.6. The first-order chi connectivity index (χ1) is 11.0. The molecule has 1 aromatic rings. The molecule has 124 valence electrons. The number of nitrogens with zero attached hydrogens (tertiary/aromatic N) is 3. The lowest BCUT2D eigenvalue weighted by molar-refractivity contribution is -0.132. The predicted molar refractivity (Wildman–Crippen MR) is 85.9 cm³/mol. The Morgan fingerprint density at radius 3 is 2.13 bits per heavy atom. The summed E-state index contributed by atoms with van der Waals surface area (Å²) in [6, 6.07) is 6.75. The van der Waals surface area contributed by atoms with E-state index >= 15 is 0 Å². The lowest BCUT2D eigenvalue weighted by Crippen LogP contribution is -2.18. The summed E-state index contributed by atoms with van der Waals surface area (Å²) in [6.45, 7) is 3.44. The molecule has 1 rings (SSSR count). The van der Waals surface area contributed by atoms with E-state index in [2.05, 4.69) is 20.3 Å². The van der Waals surface area contributed by atoms with Crippen LogP contribution in [0.25, 0.3) is 0 Å². The van der Waals surface area contributed by atoms with Gasteiger partial charge >= 0.3 is 5.97 Å². The van der Waals surface area contributed by atoms with Gasteiger partial charge in [-0.3, -0.25) is 0 Å². The fraction of sp³-hybridized carbons (Fsp3) is 0.333. The fourth-order valence-electron chi connectivity index (χ4n) is 1.51. The van der Waals surface area contributed by atoms with Crippen molar-refractivity contribution < 1.29 is 24.0 Å². The third kappa shape index (κ3) is 5.10. The number of carbonyl (C=O) groups excluding carboxylic acids is 1. The minimum atomic E-state index is -0.652. The smallest absolute Gasteiger partial charge is 0.360 e. The van der Waals surface area contributed by atoms with Gasteiger partial charge in [-0.25, -0.2) is 4.79 Å². The average Bonchev–Trinajstić information content (AvgIpc) is 2.57. The van der Waals surface area contributed by atoms with Crippen molar-refractivity contribution in [3.63, 3.8) is 0 Å². The Balaban J connectivity index is 3.15. The number of methoxy groups -OCH3 is 1. The zero-order valence-corrected chi connectivity index (χ0v) is 13.7. The Morgan fingerprint density at radius 2 is 1.52 bits per heavy atom. The molecule has 0 N–H and O–H groups in total. The molecule has 8 heteroatoms. The number of para-hydroxylation sites is 1. The number of rotatable bonds is 7. The number of benzene rings is 1. The van der Waals surface area contributed by atoms with E-state index < -0.39 is 5.97 Å². The van der Waals surface area contributed by atoms with Crippen LogP contribution in [0.4, 0.5) is 0 Å². The molecule has 23 heavy (non-hydrogen) atoms. The largest absolute Gasteiger partial charge is 0.464 e. The highest BCUT2D eigenvalue weighted by Gasteiger charge is 2.20. The quantitative estimate of drug-likeness (QED) is 0.435. The number of ether oxygens (including phenoxy) is 1. The molecule has 0 amide bonds. The second kappa shape index (κ2) is 9.19. The van der Waals surface area contributed by atoms with Gasteiger partial charge in [0.25, 0.3) is 0 Å². The monoisotopic (exact) mass is 321 g/mol. The van der Waals surface area contributed by atoms with Crippen LogP contribution in [0.1, 0.15) is 19.4 Å². The summed E-state index contributed by atoms with van der Waals surface area (Å²) >= 11 is 0. The first-order valence-corrected chi connectivity index (χ1v) is 6.63. The van der Waals surface area contributed by atoms with E-state index in [9.17, 15) is 4.79 Å². The summed E-state index contributed by atoms with van der Waals surface area (Å²) in [5, 5.41) is 11.4. The molecule has 0 aliphatic carbocycles. The molecule has 0 saturated heterocycles.